The van der Waals surface area contributed by atoms with Crippen molar-refractivity contribution in [2.45, 2.75) is 6.92 Å². The second-order valence-electron chi connectivity index (χ2n) is 5.24. The lowest BCUT2D eigenvalue weighted by Gasteiger charge is -2.03. The molecule has 2 aromatic heterocycles. The number of halogens is 1. The van der Waals surface area contributed by atoms with Gasteiger partial charge in [-0.15, -0.1) is 16.4 Å². The van der Waals surface area contributed by atoms with Crippen LogP contribution >= 0.6 is 11.3 Å². The smallest absolute Gasteiger partial charge is 0.435 e. The van der Waals surface area contributed by atoms with Crippen LogP contribution in [0.3, 0.4) is 0 Å². The van der Waals surface area contributed by atoms with E-state index in [1.807, 2.05) is 0 Å². The van der Waals surface area contributed by atoms with Crippen molar-refractivity contribution < 1.29 is 28.2 Å². The number of anilines is 1. The van der Waals surface area contributed by atoms with Gasteiger partial charge in [0, 0.05) is 5.56 Å². The van der Waals surface area contributed by atoms with E-state index in [0.717, 1.165) is 28.2 Å². The van der Waals surface area contributed by atoms with Gasteiger partial charge in [0.25, 0.3) is 5.91 Å². The molecule has 27 heavy (non-hydrogen) atoms. The zero-order chi connectivity index (χ0) is 19.6. The molecule has 0 radical (unpaired) electrons. The highest BCUT2D eigenvalue weighted by atomic mass is 32.1. The largest absolute Gasteiger partial charge is 0.465 e. The molecule has 0 spiro atoms. The Hall–Kier alpha value is -3.27. The molecule has 0 unspecified atom stereocenters. The van der Waals surface area contributed by atoms with Crippen molar-refractivity contribution in [1.82, 2.24) is 9.78 Å². The minimum atomic E-state index is -0.751. The number of carbonyl (C=O) groups is 3. The van der Waals surface area contributed by atoms with Gasteiger partial charge in [-0.05, 0) is 37.3 Å². The number of carbonyl (C=O) groups excluding carboxylic acids is 3. The van der Waals surface area contributed by atoms with E-state index in [1.54, 1.807) is 6.92 Å². The molecule has 3 aromatic rings. The predicted molar refractivity (Wildman–Crippen MR) is 95.7 cm³/mol. The van der Waals surface area contributed by atoms with Crippen molar-refractivity contribution in [3.05, 3.63) is 46.6 Å². The minimum absolute atomic E-state index is 0.0764. The summed E-state index contributed by atoms with van der Waals surface area (Å²) in [5, 5.41) is 6.64. The Balaban J connectivity index is 2.01. The van der Waals surface area contributed by atoms with E-state index in [1.165, 1.54) is 25.3 Å². The molecule has 0 fully saturated rings. The second-order valence-corrected chi connectivity index (χ2v) is 6.29. The highest BCUT2D eigenvalue weighted by molar-refractivity contribution is 7.21. The molecule has 0 atom stereocenters. The average molecular weight is 391 g/mol. The molecular formula is C17H14FN3O5S. The highest BCUT2D eigenvalue weighted by Gasteiger charge is 2.23. The average Bonchev–Trinajstić information content (AvgIpc) is 3.22. The summed E-state index contributed by atoms with van der Waals surface area (Å²) >= 11 is 1.01. The van der Waals surface area contributed by atoms with Crippen LogP contribution in [0.2, 0.25) is 0 Å². The first-order valence-corrected chi connectivity index (χ1v) is 8.61. The first-order chi connectivity index (χ1) is 12.9. The van der Waals surface area contributed by atoms with E-state index in [9.17, 15) is 18.8 Å². The van der Waals surface area contributed by atoms with E-state index in [4.69, 9.17) is 4.74 Å². The quantitative estimate of drug-likeness (QED) is 0.685. The van der Waals surface area contributed by atoms with Gasteiger partial charge in [-0.3, -0.25) is 4.79 Å². The Morgan fingerprint density at radius 3 is 2.59 bits per heavy atom. The topological polar surface area (TPSA) is 99.5 Å². The third kappa shape index (κ3) is 3.65. The number of nitrogens with zero attached hydrogens (tertiary/aromatic N) is 2. The zero-order valence-electron chi connectivity index (χ0n) is 14.3. The summed E-state index contributed by atoms with van der Waals surface area (Å²) in [7, 11) is 1.24. The van der Waals surface area contributed by atoms with E-state index in [0.29, 0.717) is 10.2 Å². The van der Waals surface area contributed by atoms with Gasteiger partial charge < -0.3 is 14.8 Å². The van der Waals surface area contributed by atoms with Crippen LogP contribution in [-0.4, -0.2) is 41.5 Å². The fourth-order valence-electron chi connectivity index (χ4n) is 2.30. The Kier molecular flexibility index (Phi) is 5.17. The lowest BCUT2D eigenvalue weighted by molar-refractivity contribution is 0.0606. The standard InChI is InChI=1S/C17H14FN3O5S/c1-3-26-17(24)21-11-8-12(16(23)25-2)27-13(11)14(20-21)19-15(22)9-4-6-10(18)7-5-9/h4-8H,3H2,1-2H3,(H,19,20,22). The molecule has 1 aromatic carbocycles. The van der Waals surface area contributed by atoms with Crippen molar-refractivity contribution >= 4 is 45.3 Å². The van der Waals surface area contributed by atoms with Gasteiger partial charge in [0.1, 0.15) is 10.7 Å². The van der Waals surface area contributed by atoms with E-state index >= 15 is 0 Å². The fraction of sp³-hybridized carbons (Fsp3) is 0.176. The van der Waals surface area contributed by atoms with Crippen molar-refractivity contribution in [3.8, 4) is 0 Å². The minimum Gasteiger partial charge on any atom is -0.465 e. The van der Waals surface area contributed by atoms with Crippen LogP contribution in [0.1, 0.15) is 27.0 Å². The number of methoxy groups -OCH3 is 1. The van der Waals surface area contributed by atoms with Crippen molar-refractivity contribution in [3.63, 3.8) is 0 Å². The van der Waals surface area contributed by atoms with Gasteiger partial charge in [-0.1, -0.05) is 0 Å². The Bertz CT molecular complexity index is 1030. The van der Waals surface area contributed by atoms with E-state index < -0.39 is 23.8 Å². The molecular weight excluding hydrogens is 377 g/mol. The number of benzene rings is 1. The van der Waals surface area contributed by atoms with Gasteiger partial charge in [0.05, 0.1) is 23.9 Å². The molecule has 1 amide bonds. The lowest BCUT2D eigenvalue weighted by Crippen LogP contribution is -2.17. The molecule has 0 saturated carbocycles. The van der Waals surface area contributed by atoms with Gasteiger partial charge >= 0.3 is 12.1 Å². The third-order valence-electron chi connectivity index (χ3n) is 3.52. The number of hydrogen-bond donors (Lipinski definition) is 1. The third-order valence-corrected chi connectivity index (χ3v) is 4.63. The van der Waals surface area contributed by atoms with Crippen molar-refractivity contribution in [2.24, 2.45) is 0 Å². The molecule has 140 valence electrons. The van der Waals surface area contributed by atoms with Gasteiger partial charge in [0.15, 0.2) is 5.82 Å². The summed E-state index contributed by atoms with van der Waals surface area (Å²) in [6, 6.07) is 6.38. The van der Waals surface area contributed by atoms with Crippen LogP contribution in [0.25, 0.3) is 10.2 Å². The molecule has 8 nitrogen and oxygen atoms in total. The SMILES string of the molecule is CCOC(=O)n1nc(NC(=O)c2ccc(F)cc2)c2sc(C(=O)OC)cc21. The fourth-order valence-corrected chi connectivity index (χ4v) is 3.29. The summed E-state index contributed by atoms with van der Waals surface area (Å²) in [4.78, 5) is 36.5. The maximum Gasteiger partial charge on any atom is 0.435 e. The monoisotopic (exact) mass is 391 g/mol. The van der Waals surface area contributed by atoms with Gasteiger partial charge in [-0.25, -0.2) is 14.0 Å². The number of ether oxygens (including phenoxy) is 2. The molecule has 1 N–H and O–H groups in total. The van der Waals surface area contributed by atoms with Crippen LogP contribution in [0.4, 0.5) is 15.0 Å². The molecule has 2 heterocycles. The molecule has 0 aliphatic carbocycles. The molecule has 0 bridgehead atoms. The summed E-state index contributed by atoms with van der Waals surface area (Å²) in [5.74, 6) is -1.52. The second kappa shape index (κ2) is 7.54. The van der Waals surface area contributed by atoms with E-state index in [2.05, 4.69) is 15.2 Å². The van der Waals surface area contributed by atoms with Crippen LogP contribution < -0.4 is 5.32 Å². The van der Waals surface area contributed by atoms with Crippen LogP contribution in [0.5, 0.6) is 0 Å². The number of thiophene rings is 1. The number of fused-ring (bicyclic) bond motifs is 1. The first-order valence-electron chi connectivity index (χ1n) is 7.79. The number of hydrogen-bond acceptors (Lipinski definition) is 7. The number of esters is 1. The molecule has 0 saturated heterocycles. The maximum absolute atomic E-state index is 13.0. The first kappa shape index (κ1) is 18.5. The van der Waals surface area contributed by atoms with E-state index in [-0.39, 0.29) is 22.9 Å². The normalized spacial score (nSPS) is 10.6. The summed E-state index contributed by atoms with van der Waals surface area (Å²) in [6.07, 6.45) is -0.751. The Labute approximate surface area is 156 Å². The van der Waals surface area contributed by atoms with Crippen LogP contribution in [0, 0.1) is 5.82 Å². The lowest BCUT2D eigenvalue weighted by atomic mass is 10.2. The Morgan fingerprint density at radius 2 is 1.96 bits per heavy atom. The van der Waals surface area contributed by atoms with Crippen molar-refractivity contribution in [2.75, 3.05) is 19.0 Å². The van der Waals surface area contributed by atoms with Crippen molar-refractivity contribution in [1.29, 1.82) is 0 Å². The Morgan fingerprint density at radius 1 is 1.26 bits per heavy atom. The molecule has 0 aliphatic heterocycles. The maximum atomic E-state index is 13.0. The van der Waals surface area contributed by atoms with Gasteiger partial charge in [0.2, 0.25) is 0 Å². The highest BCUT2D eigenvalue weighted by Crippen LogP contribution is 2.32. The molecule has 10 heteroatoms. The summed E-state index contributed by atoms with van der Waals surface area (Å²) in [6.45, 7) is 1.77. The summed E-state index contributed by atoms with van der Waals surface area (Å²) in [5.41, 5.74) is 0.508. The summed E-state index contributed by atoms with van der Waals surface area (Å²) < 4.78 is 24.0. The van der Waals surface area contributed by atoms with Crippen LogP contribution in [-0.2, 0) is 9.47 Å². The molecule has 0 aliphatic rings. The number of aromatic nitrogens is 2. The zero-order valence-corrected chi connectivity index (χ0v) is 15.1. The van der Waals surface area contributed by atoms with Crippen LogP contribution in [0.15, 0.2) is 30.3 Å². The van der Waals surface area contributed by atoms with Gasteiger partial charge in [-0.2, -0.15) is 4.68 Å². The predicted octanol–water partition coefficient (Wildman–Crippen LogP) is 3.28. The number of nitrogens with one attached hydrogen (secondary N) is 1. The molecule has 3 rings (SSSR count). The number of rotatable bonds is 4. The number of amides is 1.